The van der Waals surface area contributed by atoms with E-state index in [9.17, 15) is 10.1 Å². The lowest BCUT2D eigenvalue weighted by Gasteiger charge is -2.26. The normalized spacial score (nSPS) is 18.3. The third-order valence-corrected chi connectivity index (χ3v) is 10.9. The van der Waals surface area contributed by atoms with Crippen LogP contribution >= 0.6 is 11.6 Å². The van der Waals surface area contributed by atoms with E-state index in [1.165, 1.54) is 55.2 Å². The van der Waals surface area contributed by atoms with Crippen LogP contribution in [0.2, 0.25) is 5.02 Å². The zero-order chi connectivity index (χ0) is 36.6. The van der Waals surface area contributed by atoms with Gasteiger partial charge >= 0.3 is 0 Å². The fourth-order valence-corrected chi connectivity index (χ4v) is 8.03. The van der Waals surface area contributed by atoms with Gasteiger partial charge in [0.25, 0.3) is 0 Å². The Hall–Kier alpha value is -4.62. The molecule has 1 aliphatic carbocycles. The molecule has 53 heavy (non-hydrogen) atoms. The largest absolute Gasteiger partial charge is 0.493 e. The molecule has 4 aromatic rings. The Balaban J connectivity index is 1.06. The molecule has 0 radical (unpaired) electrons. The van der Waals surface area contributed by atoms with Crippen LogP contribution in [0.5, 0.6) is 17.2 Å². The van der Waals surface area contributed by atoms with Crippen LogP contribution in [0.3, 0.4) is 0 Å². The number of hydrogen-bond acceptors (Lipinski definition) is 8. The molecule has 1 aromatic heterocycles. The maximum Gasteiger partial charge on any atom is 0.220 e. The molecular weight excluding hydrogens is 686 g/mol. The number of aromatic nitrogens is 1. The summed E-state index contributed by atoms with van der Waals surface area (Å²) in [4.78, 5) is 18.4. The number of likely N-dealkylation sites (tertiary alicyclic amines) is 1. The molecule has 0 spiro atoms. The second-order valence-corrected chi connectivity index (χ2v) is 14.8. The third-order valence-electron chi connectivity index (χ3n) is 10.6. The zero-order valence-electron chi connectivity index (χ0n) is 30.5. The fraction of sp³-hybridized carbons (Fsp3) is 0.419. The van der Waals surface area contributed by atoms with Gasteiger partial charge in [0.1, 0.15) is 36.0 Å². The number of rotatable bonds is 15. The fourth-order valence-electron chi connectivity index (χ4n) is 7.80. The number of nitrogens with zero attached hydrogens (tertiary/aromatic N) is 3. The topological polar surface area (TPSA) is 109 Å². The Bertz CT molecular complexity index is 1960. The second-order valence-electron chi connectivity index (χ2n) is 14.4. The van der Waals surface area contributed by atoms with Gasteiger partial charge < -0.3 is 29.7 Å². The Morgan fingerprint density at radius 1 is 0.981 bits per heavy atom. The molecular formula is C43H48ClN5O4. The van der Waals surface area contributed by atoms with Crippen LogP contribution in [0.4, 0.5) is 0 Å². The number of pyridine rings is 1. The number of halogens is 1. The van der Waals surface area contributed by atoms with Crippen molar-refractivity contribution in [3.63, 3.8) is 0 Å². The van der Waals surface area contributed by atoms with Crippen molar-refractivity contribution in [3.8, 4) is 34.4 Å². The summed E-state index contributed by atoms with van der Waals surface area (Å²) >= 11 is 6.92. The van der Waals surface area contributed by atoms with Gasteiger partial charge in [0.05, 0.1) is 17.2 Å². The first-order valence-electron chi connectivity index (χ1n) is 19.0. The monoisotopic (exact) mass is 733 g/mol. The molecule has 3 aliphatic rings. The lowest BCUT2D eigenvalue weighted by molar-refractivity contribution is -0.119. The van der Waals surface area contributed by atoms with Gasteiger partial charge in [-0.05, 0) is 105 Å². The maximum atomic E-state index is 11.7. The standard InChI is InChI=1S/C43H48ClN5O4/c1-29-34(8-6-11-39(29)51-19-7-18-49-16-3-2-4-17-49)35-9-5-10-37-36(35)13-14-40(37)53-42-22-41(52-28-31-20-30(23-45)24-46-25-31)32(21-38(42)44)26-47-27-33-12-15-43(50)48-33/h5-6,8-11,20-22,24-25,33,40,47H,2-4,7,12-19,26-28H2,1H3,(H,48,50)/t33-,40-/m0/s1. The van der Waals surface area contributed by atoms with Gasteiger partial charge in [0.15, 0.2) is 0 Å². The van der Waals surface area contributed by atoms with Crippen LogP contribution in [-0.4, -0.2) is 54.6 Å². The van der Waals surface area contributed by atoms with E-state index in [2.05, 4.69) is 69.9 Å². The number of ether oxygens (including phenoxy) is 3. The molecule has 2 fully saturated rings. The zero-order valence-corrected chi connectivity index (χ0v) is 31.2. The van der Waals surface area contributed by atoms with Crippen molar-refractivity contribution >= 4 is 17.5 Å². The van der Waals surface area contributed by atoms with Gasteiger partial charge in [0, 0.05) is 61.7 Å². The van der Waals surface area contributed by atoms with Crippen molar-refractivity contribution < 1.29 is 19.0 Å². The molecule has 10 heteroatoms. The van der Waals surface area contributed by atoms with Gasteiger partial charge in [-0.25, -0.2) is 0 Å². The lowest BCUT2D eigenvalue weighted by Crippen LogP contribution is -2.35. The SMILES string of the molecule is Cc1c(OCCCN2CCCCC2)cccc1-c1cccc2c1CC[C@@H]2Oc1cc(OCc2cncc(C#N)c2)c(CNC[C@@H]2CCC(=O)N2)cc1Cl. The number of hydrogen-bond donors (Lipinski definition) is 2. The van der Waals surface area contributed by atoms with Crippen LogP contribution in [0.15, 0.2) is 67.0 Å². The van der Waals surface area contributed by atoms with Crippen LogP contribution in [-0.2, 0) is 24.4 Å². The second kappa shape index (κ2) is 17.5. The van der Waals surface area contributed by atoms with E-state index in [0.717, 1.165) is 60.2 Å². The third kappa shape index (κ3) is 9.13. The number of carbonyl (C=O) groups excluding carboxylic acids is 1. The van der Waals surface area contributed by atoms with Crippen molar-refractivity contribution in [1.29, 1.82) is 5.26 Å². The van der Waals surface area contributed by atoms with Crippen LogP contribution in [0.1, 0.15) is 84.4 Å². The van der Waals surface area contributed by atoms with Gasteiger partial charge in [-0.15, -0.1) is 0 Å². The number of piperidine rings is 1. The summed E-state index contributed by atoms with van der Waals surface area (Å²) in [6.45, 7) is 7.76. The van der Waals surface area contributed by atoms with E-state index in [0.29, 0.717) is 48.2 Å². The first-order chi connectivity index (χ1) is 25.9. The minimum absolute atomic E-state index is 0.0886. The summed E-state index contributed by atoms with van der Waals surface area (Å²) in [5.41, 5.74) is 8.15. The number of fused-ring (bicyclic) bond motifs is 1. The summed E-state index contributed by atoms with van der Waals surface area (Å²) in [6, 6.07) is 20.6. The highest BCUT2D eigenvalue weighted by atomic mass is 35.5. The van der Waals surface area contributed by atoms with Gasteiger partial charge in [-0.1, -0.05) is 48.4 Å². The molecule has 3 heterocycles. The number of benzene rings is 3. The van der Waals surface area contributed by atoms with Gasteiger partial charge in [0.2, 0.25) is 5.91 Å². The first-order valence-corrected chi connectivity index (χ1v) is 19.4. The summed E-state index contributed by atoms with van der Waals surface area (Å²) in [5, 5.41) is 16.3. The van der Waals surface area contributed by atoms with Crippen LogP contribution in [0.25, 0.3) is 11.1 Å². The minimum Gasteiger partial charge on any atom is -0.493 e. The quantitative estimate of drug-likeness (QED) is 0.119. The molecule has 276 valence electrons. The molecule has 2 atom stereocenters. The van der Waals surface area contributed by atoms with Gasteiger partial charge in [-0.2, -0.15) is 5.26 Å². The molecule has 3 aromatic carbocycles. The lowest BCUT2D eigenvalue weighted by atomic mass is 9.93. The molecule has 0 saturated carbocycles. The number of carbonyl (C=O) groups is 1. The molecule has 2 saturated heterocycles. The van der Waals surface area contributed by atoms with E-state index in [4.69, 9.17) is 25.8 Å². The molecule has 9 nitrogen and oxygen atoms in total. The molecule has 1 amide bonds. The van der Waals surface area contributed by atoms with Crippen molar-refractivity contribution in [1.82, 2.24) is 20.5 Å². The molecule has 0 bridgehead atoms. The smallest absolute Gasteiger partial charge is 0.220 e. The summed E-state index contributed by atoms with van der Waals surface area (Å²) in [7, 11) is 0. The predicted octanol–water partition coefficient (Wildman–Crippen LogP) is 7.85. The Morgan fingerprint density at radius 2 is 1.83 bits per heavy atom. The molecule has 2 N–H and O–H groups in total. The van der Waals surface area contributed by atoms with E-state index in [-0.39, 0.29) is 24.7 Å². The maximum absolute atomic E-state index is 11.7. The van der Waals surface area contributed by atoms with Crippen molar-refractivity contribution in [2.75, 3.05) is 32.8 Å². The van der Waals surface area contributed by atoms with Crippen molar-refractivity contribution in [2.45, 2.75) is 83.6 Å². The average Bonchev–Trinajstić information content (AvgIpc) is 3.80. The van der Waals surface area contributed by atoms with Crippen molar-refractivity contribution in [3.05, 3.63) is 105 Å². The van der Waals surface area contributed by atoms with Crippen LogP contribution < -0.4 is 24.8 Å². The summed E-state index contributed by atoms with van der Waals surface area (Å²) < 4.78 is 19.4. The van der Waals surface area contributed by atoms with Gasteiger partial charge in [-0.3, -0.25) is 9.78 Å². The number of nitrogens with one attached hydrogen (secondary N) is 2. The van der Waals surface area contributed by atoms with Crippen LogP contribution in [0, 0.1) is 18.3 Å². The molecule has 7 rings (SSSR count). The predicted molar refractivity (Wildman–Crippen MR) is 206 cm³/mol. The van der Waals surface area contributed by atoms with Crippen molar-refractivity contribution in [2.24, 2.45) is 0 Å². The number of nitriles is 1. The van der Waals surface area contributed by atoms with E-state index in [1.807, 2.05) is 12.1 Å². The van der Waals surface area contributed by atoms with E-state index in [1.54, 1.807) is 12.3 Å². The highest BCUT2D eigenvalue weighted by Crippen LogP contribution is 2.44. The summed E-state index contributed by atoms with van der Waals surface area (Å²) in [5.74, 6) is 2.22. The number of amides is 1. The molecule has 0 unspecified atom stereocenters. The van der Waals surface area contributed by atoms with E-state index < -0.39 is 0 Å². The summed E-state index contributed by atoms with van der Waals surface area (Å²) in [6.07, 6.45) is 11.1. The Kier molecular flexibility index (Phi) is 12.1. The Morgan fingerprint density at radius 3 is 2.66 bits per heavy atom. The molecule has 2 aliphatic heterocycles. The highest BCUT2D eigenvalue weighted by molar-refractivity contribution is 6.32. The average molecular weight is 734 g/mol. The first kappa shape index (κ1) is 36.7. The minimum atomic E-state index is -0.170. The highest BCUT2D eigenvalue weighted by Gasteiger charge is 2.28. The van der Waals surface area contributed by atoms with E-state index >= 15 is 0 Å². The Labute approximate surface area is 317 Å².